The lowest BCUT2D eigenvalue weighted by Crippen LogP contribution is -2.42. The molecule has 6 nitrogen and oxygen atoms in total. The number of anilines is 1. The van der Waals surface area contributed by atoms with Gasteiger partial charge in [-0.1, -0.05) is 6.07 Å². The molecule has 0 saturated carbocycles. The minimum Gasteiger partial charge on any atom is -0.467 e. The summed E-state index contributed by atoms with van der Waals surface area (Å²) >= 11 is 0. The van der Waals surface area contributed by atoms with Gasteiger partial charge in [-0.3, -0.25) is 9.59 Å². The van der Waals surface area contributed by atoms with Crippen LogP contribution in [0.3, 0.4) is 0 Å². The van der Waals surface area contributed by atoms with Crippen LogP contribution in [0, 0.1) is 5.92 Å². The standard InChI is InChI=1S/C20H25N3O3/c1-22(2)17-6-3-5-16(13-17)20(25)23-10-8-15(9-11-23)19(24)21-14-18-7-4-12-26-18/h3-7,12-13,15H,8-11,14H2,1-2H3,(H,21,24). The van der Waals surface area contributed by atoms with E-state index in [1.165, 1.54) is 0 Å². The maximum absolute atomic E-state index is 12.7. The summed E-state index contributed by atoms with van der Waals surface area (Å²) in [4.78, 5) is 28.8. The van der Waals surface area contributed by atoms with Gasteiger partial charge in [0.15, 0.2) is 0 Å². The first-order valence-electron chi connectivity index (χ1n) is 8.91. The molecule has 1 aromatic heterocycles. The molecule has 1 saturated heterocycles. The number of nitrogens with zero attached hydrogens (tertiary/aromatic N) is 2. The third kappa shape index (κ3) is 4.25. The molecule has 1 N–H and O–H groups in total. The fourth-order valence-corrected chi connectivity index (χ4v) is 3.18. The number of amides is 2. The summed E-state index contributed by atoms with van der Waals surface area (Å²) in [6.07, 6.45) is 2.96. The number of nitrogens with one attached hydrogen (secondary N) is 1. The number of piperidine rings is 1. The molecule has 0 aliphatic carbocycles. The van der Waals surface area contributed by atoms with E-state index in [4.69, 9.17) is 4.42 Å². The van der Waals surface area contributed by atoms with Crippen LogP contribution in [0.2, 0.25) is 0 Å². The Kier molecular flexibility index (Phi) is 5.61. The number of carbonyl (C=O) groups excluding carboxylic acids is 2. The molecule has 6 heteroatoms. The van der Waals surface area contributed by atoms with Crippen molar-refractivity contribution in [3.63, 3.8) is 0 Å². The van der Waals surface area contributed by atoms with E-state index in [1.807, 2.05) is 54.2 Å². The van der Waals surface area contributed by atoms with Crippen molar-refractivity contribution in [3.05, 3.63) is 54.0 Å². The molecule has 0 radical (unpaired) electrons. The van der Waals surface area contributed by atoms with Gasteiger partial charge in [0.1, 0.15) is 5.76 Å². The molecule has 1 aliphatic heterocycles. The molecule has 2 aromatic rings. The highest BCUT2D eigenvalue weighted by Gasteiger charge is 2.27. The van der Waals surface area contributed by atoms with Crippen LogP contribution in [-0.4, -0.2) is 43.9 Å². The molecule has 0 atom stereocenters. The van der Waals surface area contributed by atoms with Gasteiger partial charge in [-0.25, -0.2) is 0 Å². The first kappa shape index (κ1) is 18.0. The van der Waals surface area contributed by atoms with Crippen LogP contribution >= 0.6 is 0 Å². The van der Waals surface area contributed by atoms with E-state index in [-0.39, 0.29) is 17.7 Å². The lowest BCUT2D eigenvalue weighted by molar-refractivity contribution is -0.126. The van der Waals surface area contributed by atoms with Gasteiger partial charge in [0.25, 0.3) is 5.91 Å². The summed E-state index contributed by atoms with van der Waals surface area (Å²) in [5, 5.41) is 2.91. The molecule has 1 aliphatic rings. The molecule has 2 heterocycles. The number of likely N-dealkylation sites (tertiary alicyclic amines) is 1. The molecule has 1 fully saturated rings. The second-order valence-electron chi connectivity index (χ2n) is 6.81. The minimum absolute atomic E-state index is 0.0307. The predicted molar refractivity (Wildman–Crippen MR) is 100.0 cm³/mol. The van der Waals surface area contributed by atoms with Gasteiger partial charge < -0.3 is 19.5 Å². The maximum Gasteiger partial charge on any atom is 0.253 e. The topological polar surface area (TPSA) is 65.8 Å². The SMILES string of the molecule is CN(C)c1cccc(C(=O)N2CCC(C(=O)NCc3ccco3)CC2)c1. The molecular weight excluding hydrogens is 330 g/mol. The summed E-state index contributed by atoms with van der Waals surface area (Å²) in [6, 6.07) is 11.3. The Morgan fingerprint density at radius 3 is 2.62 bits per heavy atom. The van der Waals surface area contributed by atoms with Crippen LogP contribution in [0.4, 0.5) is 5.69 Å². The van der Waals surface area contributed by atoms with Gasteiger partial charge in [0.2, 0.25) is 5.91 Å². The fraction of sp³-hybridized carbons (Fsp3) is 0.400. The molecule has 26 heavy (non-hydrogen) atoms. The van der Waals surface area contributed by atoms with Crippen LogP contribution in [0.1, 0.15) is 29.0 Å². The monoisotopic (exact) mass is 355 g/mol. The summed E-state index contributed by atoms with van der Waals surface area (Å²) in [5.41, 5.74) is 1.69. The van der Waals surface area contributed by atoms with Crippen LogP contribution in [0.15, 0.2) is 47.1 Å². The lowest BCUT2D eigenvalue weighted by Gasteiger charge is -2.31. The molecule has 0 spiro atoms. The fourth-order valence-electron chi connectivity index (χ4n) is 3.18. The number of rotatable bonds is 5. The number of hydrogen-bond acceptors (Lipinski definition) is 4. The number of furan rings is 1. The highest BCUT2D eigenvalue weighted by Crippen LogP contribution is 2.21. The van der Waals surface area contributed by atoms with Crippen molar-refractivity contribution in [1.82, 2.24) is 10.2 Å². The van der Waals surface area contributed by atoms with Crippen molar-refractivity contribution in [1.29, 1.82) is 0 Å². The van der Waals surface area contributed by atoms with E-state index in [1.54, 1.807) is 12.3 Å². The van der Waals surface area contributed by atoms with Crippen molar-refractivity contribution >= 4 is 17.5 Å². The Morgan fingerprint density at radius 1 is 1.19 bits per heavy atom. The van der Waals surface area contributed by atoms with Crippen molar-refractivity contribution < 1.29 is 14.0 Å². The predicted octanol–water partition coefficient (Wildman–Crippen LogP) is 2.51. The van der Waals surface area contributed by atoms with Crippen molar-refractivity contribution in [2.24, 2.45) is 5.92 Å². The second kappa shape index (κ2) is 8.08. The van der Waals surface area contributed by atoms with E-state index < -0.39 is 0 Å². The summed E-state index contributed by atoms with van der Waals surface area (Å²) in [7, 11) is 3.91. The average molecular weight is 355 g/mol. The van der Waals surface area contributed by atoms with Crippen molar-refractivity contribution in [3.8, 4) is 0 Å². The normalized spacial score (nSPS) is 14.9. The van der Waals surface area contributed by atoms with Crippen molar-refractivity contribution in [2.45, 2.75) is 19.4 Å². The van der Waals surface area contributed by atoms with E-state index in [0.717, 1.165) is 11.4 Å². The zero-order valence-corrected chi connectivity index (χ0v) is 15.3. The van der Waals surface area contributed by atoms with E-state index in [2.05, 4.69) is 5.32 Å². The number of hydrogen-bond donors (Lipinski definition) is 1. The van der Waals surface area contributed by atoms with Crippen LogP contribution in [0.25, 0.3) is 0 Å². The van der Waals surface area contributed by atoms with Gasteiger partial charge in [-0.15, -0.1) is 0 Å². The highest BCUT2D eigenvalue weighted by atomic mass is 16.3. The Labute approximate surface area is 153 Å². The largest absolute Gasteiger partial charge is 0.467 e. The van der Waals surface area contributed by atoms with E-state index >= 15 is 0 Å². The van der Waals surface area contributed by atoms with Crippen LogP contribution in [-0.2, 0) is 11.3 Å². The smallest absolute Gasteiger partial charge is 0.253 e. The van der Waals surface area contributed by atoms with Gasteiger partial charge in [0.05, 0.1) is 12.8 Å². The number of carbonyl (C=O) groups is 2. The second-order valence-corrected chi connectivity index (χ2v) is 6.81. The third-order valence-corrected chi connectivity index (χ3v) is 4.78. The van der Waals surface area contributed by atoms with Gasteiger partial charge in [-0.2, -0.15) is 0 Å². The van der Waals surface area contributed by atoms with Crippen LogP contribution in [0.5, 0.6) is 0 Å². The van der Waals surface area contributed by atoms with Gasteiger partial charge in [-0.05, 0) is 43.2 Å². The summed E-state index contributed by atoms with van der Waals surface area (Å²) in [5.74, 6) is 0.750. The maximum atomic E-state index is 12.7. The molecule has 1 aromatic carbocycles. The van der Waals surface area contributed by atoms with Gasteiger partial charge in [0, 0.05) is 44.4 Å². The zero-order valence-electron chi connectivity index (χ0n) is 15.3. The molecule has 0 bridgehead atoms. The van der Waals surface area contributed by atoms with E-state index in [0.29, 0.717) is 38.0 Å². The first-order valence-corrected chi connectivity index (χ1v) is 8.91. The molecule has 0 unspecified atom stereocenters. The van der Waals surface area contributed by atoms with E-state index in [9.17, 15) is 9.59 Å². The number of benzene rings is 1. The lowest BCUT2D eigenvalue weighted by atomic mass is 9.95. The van der Waals surface area contributed by atoms with Crippen LogP contribution < -0.4 is 10.2 Å². The minimum atomic E-state index is -0.0536. The molecule has 3 rings (SSSR count). The van der Waals surface area contributed by atoms with Crippen molar-refractivity contribution in [2.75, 3.05) is 32.1 Å². The first-order chi connectivity index (χ1) is 12.5. The Balaban J connectivity index is 1.52. The Bertz CT molecular complexity index is 747. The Hall–Kier alpha value is -2.76. The Morgan fingerprint density at radius 2 is 1.96 bits per heavy atom. The highest BCUT2D eigenvalue weighted by molar-refractivity contribution is 5.95. The molecule has 2 amide bonds. The summed E-state index contributed by atoms with van der Waals surface area (Å²) < 4.78 is 5.22. The third-order valence-electron chi connectivity index (χ3n) is 4.78. The molecule has 138 valence electrons. The molecular formula is C20H25N3O3. The average Bonchev–Trinajstić information content (AvgIpc) is 3.19. The summed E-state index contributed by atoms with van der Waals surface area (Å²) in [6.45, 7) is 1.61. The zero-order chi connectivity index (χ0) is 18.5. The van der Waals surface area contributed by atoms with Gasteiger partial charge >= 0.3 is 0 Å². The quantitative estimate of drug-likeness (QED) is 0.895.